The lowest BCUT2D eigenvalue weighted by Crippen LogP contribution is -2.54. The number of carbonyl (C=O) groups is 3. The van der Waals surface area contributed by atoms with Crippen molar-refractivity contribution in [1.82, 2.24) is 20.8 Å². The van der Waals surface area contributed by atoms with Crippen LogP contribution >= 0.6 is 0 Å². The molecule has 30 heavy (non-hydrogen) atoms. The summed E-state index contributed by atoms with van der Waals surface area (Å²) in [5, 5.41) is 3.98. The van der Waals surface area contributed by atoms with Crippen LogP contribution in [0.1, 0.15) is 18.4 Å². The fourth-order valence-electron chi connectivity index (χ4n) is 3.67. The lowest BCUT2D eigenvalue weighted by atomic mass is 10.0. The van der Waals surface area contributed by atoms with E-state index in [1.54, 1.807) is 24.3 Å². The average Bonchev–Trinajstić information content (AvgIpc) is 3.01. The van der Waals surface area contributed by atoms with Gasteiger partial charge in [0.25, 0.3) is 5.91 Å². The van der Waals surface area contributed by atoms with Crippen molar-refractivity contribution in [2.45, 2.75) is 31.5 Å². The Morgan fingerprint density at radius 1 is 0.967 bits per heavy atom. The van der Waals surface area contributed by atoms with Crippen LogP contribution in [0.2, 0.25) is 0 Å². The fourth-order valence-corrected chi connectivity index (χ4v) is 3.67. The molecular formula is C21H23N5O4. The highest BCUT2D eigenvalue weighted by Gasteiger charge is 2.48. The number of hydrogen-bond donors (Lipinski definition) is 3. The van der Waals surface area contributed by atoms with Crippen LogP contribution in [0, 0.1) is 0 Å². The van der Waals surface area contributed by atoms with Crippen LogP contribution in [0.5, 0.6) is 0 Å². The minimum Gasteiger partial charge on any atom is -0.309 e. The summed E-state index contributed by atoms with van der Waals surface area (Å²) >= 11 is 0. The summed E-state index contributed by atoms with van der Waals surface area (Å²) in [6, 6.07) is 16.8. The maximum Gasteiger partial charge on any atom is 0.345 e. The van der Waals surface area contributed by atoms with Crippen molar-refractivity contribution in [2.75, 3.05) is 11.9 Å². The molecule has 156 valence electrons. The molecular weight excluding hydrogens is 386 g/mol. The zero-order chi connectivity index (χ0) is 20.9. The van der Waals surface area contributed by atoms with Crippen LogP contribution in [0.15, 0.2) is 60.7 Å². The van der Waals surface area contributed by atoms with Crippen LogP contribution in [0.4, 0.5) is 15.3 Å². The molecule has 0 aromatic heterocycles. The fraction of sp³-hybridized carbons (Fsp3) is 0.286. The van der Waals surface area contributed by atoms with E-state index < -0.39 is 18.0 Å². The van der Waals surface area contributed by atoms with Crippen molar-refractivity contribution < 1.29 is 19.2 Å². The summed E-state index contributed by atoms with van der Waals surface area (Å²) in [4.78, 5) is 44.5. The number of fused-ring (bicyclic) bond motifs is 2. The molecule has 0 aliphatic carbocycles. The summed E-state index contributed by atoms with van der Waals surface area (Å²) in [7, 11) is 0. The van der Waals surface area contributed by atoms with E-state index >= 15 is 0 Å². The number of urea groups is 2. The Balaban J connectivity index is 1.29. The van der Waals surface area contributed by atoms with Gasteiger partial charge in [-0.2, -0.15) is 5.06 Å². The molecule has 3 N–H and O–H groups in total. The van der Waals surface area contributed by atoms with E-state index in [2.05, 4.69) is 16.2 Å². The highest BCUT2D eigenvalue weighted by Crippen LogP contribution is 2.30. The number of nitrogens with zero attached hydrogens (tertiary/aromatic N) is 2. The van der Waals surface area contributed by atoms with E-state index in [4.69, 9.17) is 4.84 Å². The van der Waals surface area contributed by atoms with Gasteiger partial charge in [-0.15, -0.1) is 0 Å². The second-order valence-corrected chi connectivity index (χ2v) is 7.20. The summed E-state index contributed by atoms with van der Waals surface area (Å²) < 4.78 is 0. The SMILES string of the molecule is O=C(NNC(=O)[C@@H]1CC[C@@H]2CN1C(=O)N2OCc1ccccc1)Nc1ccccc1. The number of nitrogens with one attached hydrogen (secondary N) is 3. The van der Waals surface area contributed by atoms with Crippen molar-refractivity contribution in [3.63, 3.8) is 0 Å². The molecule has 2 aliphatic rings. The van der Waals surface area contributed by atoms with Gasteiger partial charge in [-0.25, -0.2) is 15.0 Å². The smallest absolute Gasteiger partial charge is 0.309 e. The van der Waals surface area contributed by atoms with Crippen molar-refractivity contribution in [1.29, 1.82) is 0 Å². The van der Waals surface area contributed by atoms with Crippen LogP contribution < -0.4 is 16.2 Å². The number of rotatable bonds is 5. The van der Waals surface area contributed by atoms with Gasteiger partial charge in [0.2, 0.25) is 0 Å². The monoisotopic (exact) mass is 409 g/mol. The lowest BCUT2D eigenvalue weighted by Gasteiger charge is -2.29. The number of hydrogen-bond acceptors (Lipinski definition) is 4. The number of benzene rings is 2. The first-order valence-electron chi connectivity index (χ1n) is 9.80. The van der Waals surface area contributed by atoms with Gasteiger partial charge in [0.15, 0.2) is 0 Å². The van der Waals surface area contributed by atoms with E-state index in [0.717, 1.165) is 5.56 Å². The molecule has 4 rings (SSSR count). The minimum absolute atomic E-state index is 0.0837. The third kappa shape index (κ3) is 4.36. The maximum absolute atomic E-state index is 12.7. The number of hydroxylamine groups is 2. The van der Waals surface area contributed by atoms with E-state index in [1.165, 1.54) is 9.96 Å². The lowest BCUT2D eigenvalue weighted by molar-refractivity contribution is -0.140. The molecule has 9 heteroatoms. The van der Waals surface area contributed by atoms with Gasteiger partial charge in [-0.05, 0) is 30.5 Å². The van der Waals surface area contributed by atoms with Gasteiger partial charge < -0.3 is 10.2 Å². The highest BCUT2D eigenvalue weighted by molar-refractivity contribution is 5.93. The molecule has 0 radical (unpaired) electrons. The maximum atomic E-state index is 12.7. The highest BCUT2D eigenvalue weighted by atomic mass is 16.7. The molecule has 2 bridgehead atoms. The van der Waals surface area contributed by atoms with E-state index in [-0.39, 0.29) is 18.7 Å². The molecule has 2 heterocycles. The zero-order valence-corrected chi connectivity index (χ0v) is 16.3. The van der Waals surface area contributed by atoms with Crippen molar-refractivity contribution >= 4 is 23.7 Å². The number of para-hydroxylation sites is 1. The molecule has 2 atom stereocenters. The quantitative estimate of drug-likeness (QED) is 0.659. The van der Waals surface area contributed by atoms with E-state index in [0.29, 0.717) is 25.1 Å². The van der Waals surface area contributed by atoms with Crippen molar-refractivity contribution in [3.05, 3.63) is 66.2 Å². The first-order valence-corrected chi connectivity index (χ1v) is 9.80. The van der Waals surface area contributed by atoms with Gasteiger partial charge in [0.05, 0.1) is 6.04 Å². The normalized spacial score (nSPS) is 20.1. The van der Waals surface area contributed by atoms with Crippen molar-refractivity contribution in [3.8, 4) is 0 Å². The Labute approximate surface area is 173 Å². The molecule has 5 amide bonds. The second kappa shape index (κ2) is 8.83. The van der Waals surface area contributed by atoms with Crippen LogP contribution in [-0.2, 0) is 16.2 Å². The Kier molecular flexibility index (Phi) is 5.80. The molecule has 2 aromatic rings. The van der Waals surface area contributed by atoms with Crippen LogP contribution in [0.3, 0.4) is 0 Å². The third-order valence-corrected chi connectivity index (χ3v) is 5.17. The largest absolute Gasteiger partial charge is 0.345 e. The second-order valence-electron chi connectivity index (χ2n) is 7.20. The first-order chi connectivity index (χ1) is 14.6. The molecule has 2 aliphatic heterocycles. The molecule has 0 saturated carbocycles. The summed E-state index contributed by atoms with van der Waals surface area (Å²) in [5.41, 5.74) is 6.29. The zero-order valence-electron chi connectivity index (χ0n) is 16.3. The first kappa shape index (κ1) is 19.7. The third-order valence-electron chi connectivity index (χ3n) is 5.17. The van der Waals surface area contributed by atoms with Crippen molar-refractivity contribution in [2.24, 2.45) is 0 Å². The Hall–Kier alpha value is -3.59. The Morgan fingerprint density at radius 2 is 1.67 bits per heavy atom. The van der Waals surface area contributed by atoms with Gasteiger partial charge in [-0.1, -0.05) is 48.5 Å². The average molecular weight is 409 g/mol. The van der Waals surface area contributed by atoms with Crippen LogP contribution in [0.25, 0.3) is 0 Å². The summed E-state index contributed by atoms with van der Waals surface area (Å²) in [5.74, 6) is -0.435. The number of piperidine rings is 1. The van der Waals surface area contributed by atoms with Gasteiger partial charge in [-0.3, -0.25) is 15.1 Å². The molecule has 2 saturated heterocycles. The minimum atomic E-state index is -0.656. The van der Waals surface area contributed by atoms with Gasteiger partial charge in [0, 0.05) is 12.2 Å². The predicted molar refractivity (Wildman–Crippen MR) is 109 cm³/mol. The Bertz CT molecular complexity index is 908. The molecule has 0 unspecified atom stereocenters. The number of hydrazine groups is 1. The predicted octanol–water partition coefficient (Wildman–Crippen LogP) is 2.24. The summed E-state index contributed by atoms with van der Waals surface area (Å²) in [6.07, 6.45) is 1.14. The molecule has 2 aromatic carbocycles. The topological polar surface area (TPSA) is 103 Å². The van der Waals surface area contributed by atoms with Gasteiger partial charge >= 0.3 is 12.1 Å². The van der Waals surface area contributed by atoms with Gasteiger partial charge in [0.1, 0.15) is 12.6 Å². The Morgan fingerprint density at radius 3 is 2.40 bits per heavy atom. The number of amides is 5. The molecule has 2 fully saturated rings. The van der Waals surface area contributed by atoms with E-state index in [1.807, 2.05) is 36.4 Å². The number of carbonyl (C=O) groups excluding carboxylic acids is 3. The molecule has 9 nitrogen and oxygen atoms in total. The summed E-state index contributed by atoms with van der Waals surface area (Å²) in [6.45, 7) is 0.705. The number of anilines is 1. The molecule has 0 spiro atoms. The van der Waals surface area contributed by atoms with E-state index in [9.17, 15) is 14.4 Å². The standard InChI is InChI=1S/C21H23N5O4/c27-19(23-24-20(28)22-16-9-5-2-6-10-16)18-12-11-17-13-25(18)21(29)26(17)30-14-15-7-3-1-4-8-15/h1-10,17-18H,11-14H2,(H,23,27)(H2,22,24,28)/t17-,18+/m1/s1. The van der Waals surface area contributed by atoms with Crippen LogP contribution in [-0.4, -0.2) is 46.6 Å².